The quantitative estimate of drug-likeness (QED) is 0.125. The lowest BCUT2D eigenvalue weighted by atomic mass is 10.0. The minimum absolute atomic E-state index is 0.0209. The molecule has 2 fully saturated rings. The van der Waals surface area contributed by atoms with E-state index < -0.39 is 61.2 Å². The summed E-state index contributed by atoms with van der Waals surface area (Å²) < 4.78 is 61.6. The maximum atomic E-state index is 14.5. The van der Waals surface area contributed by atoms with Gasteiger partial charge >= 0.3 is 25.7 Å². The maximum absolute atomic E-state index is 14.5. The molecule has 1 unspecified atom stereocenters. The molecule has 3 heterocycles. The van der Waals surface area contributed by atoms with E-state index in [0.717, 1.165) is 0 Å². The number of carbonyl (C=O) groups excluding carboxylic acids is 3. The van der Waals surface area contributed by atoms with Crippen LogP contribution in [0.1, 0.15) is 38.5 Å². The summed E-state index contributed by atoms with van der Waals surface area (Å²) in [7, 11) is -0.492. The van der Waals surface area contributed by atoms with Crippen molar-refractivity contribution in [2.75, 3.05) is 40.3 Å². The first-order chi connectivity index (χ1) is 22.9. The first-order valence-electron chi connectivity index (χ1n) is 15.0. The Morgan fingerprint density at radius 3 is 2.42 bits per heavy atom. The minimum atomic E-state index is -4.52. The first kappa shape index (κ1) is 35.2. The summed E-state index contributed by atoms with van der Waals surface area (Å²) in [5.74, 6) is -1.86. The summed E-state index contributed by atoms with van der Waals surface area (Å²) in [6.07, 6.45) is -2.89. The Balaban J connectivity index is 1.59. The highest BCUT2D eigenvalue weighted by Crippen LogP contribution is 2.71. The minimum Gasteiger partial charge on any atom is -0.468 e. The monoisotopic (exact) mass is 691 g/mol. The van der Waals surface area contributed by atoms with E-state index in [0.29, 0.717) is 11.2 Å². The number of esters is 3. The highest BCUT2D eigenvalue weighted by molar-refractivity contribution is 7.52. The van der Waals surface area contributed by atoms with Crippen molar-refractivity contribution in [3.8, 4) is 5.75 Å². The zero-order valence-corrected chi connectivity index (χ0v) is 27.9. The van der Waals surface area contributed by atoms with Crippen LogP contribution in [0.4, 0.5) is 5.82 Å². The van der Waals surface area contributed by atoms with Crippen LogP contribution in [0.3, 0.4) is 0 Å². The number of fused-ring (bicyclic) bond motifs is 2. The van der Waals surface area contributed by atoms with Crippen LogP contribution in [0.25, 0.3) is 5.52 Å². The maximum Gasteiger partial charge on any atom is 0.459 e. The van der Waals surface area contributed by atoms with Gasteiger partial charge in [0.25, 0.3) is 0 Å². The summed E-state index contributed by atoms with van der Waals surface area (Å²) in [6.45, 7) is 3.03. The SMILES string of the molecule is COCCC(=O)O[C@H]1[C@H](c2ccc3c(N)ncnn23)O[C@]2(C)C(O[P@@](=O)(N[C@@H](C)C(=O)OC)Oc3ccccc3)[C@]12OC(=O)CCOC. The number of methoxy groups -OCH3 is 3. The van der Waals surface area contributed by atoms with Gasteiger partial charge in [0.1, 0.15) is 41.4 Å². The first-order valence-corrected chi connectivity index (χ1v) is 16.5. The van der Waals surface area contributed by atoms with Gasteiger partial charge in [-0.05, 0) is 38.1 Å². The second kappa shape index (κ2) is 14.2. The summed E-state index contributed by atoms with van der Waals surface area (Å²) >= 11 is 0. The van der Waals surface area contributed by atoms with E-state index in [1.807, 2.05) is 0 Å². The molecule has 1 saturated carbocycles. The second-order valence-electron chi connectivity index (χ2n) is 11.3. The lowest BCUT2D eigenvalue weighted by molar-refractivity contribution is -0.178. The van der Waals surface area contributed by atoms with Gasteiger partial charge < -0.3 is 38.7 Å². The van der Waals surface area contributed by atoms with Gasteiger partial charge in [0.05, 0.1) is 38.9 Å². The average Bonchev–Trinajstić information content (AvgIpc) is 3.33. The molecule has 260 valence electrons. The molecule has 1 saturated heterocycles. The van der Waals surface area contributed by atoms with Gasteiger partial charge in [-0.25, -0.2) is 14.1 Å². The topological polar surface area (TPSA) is 210 Å². The number of anilines is 1. The standard InChI is InChI=1S/C30H38N5O12P/c1-18(27(38)42-5)34-48(39,46-19-9-7-6-8-10-19)47-28-29(2)30(28,44-23(37)14-16-41-4)25(43-22(36)13-15-40-3)24(45-29)20-11-12-21-26(31)32-17-33-35(20)21/h6-12,17-18,24-25,28H,13-16H2,1-5H3,(H,34,39)(H2,31,32,33)/t18-,24-,25-,28?,29+,30+,48+/m0/s1. The smallest absolute Gasteiger partial charge is 0.459 e. The normalized spacial score (nSPS) is 26.2. The van der Waals surface area contributed by atoms with E-state index >= 15 is 0 Å². The third-order valence-electron chi connectivity index (χ3n) is 8.14. The number of nitrogens with zero attached hydrogens (tertiary/aromatic N) is 3. The number of ether oxygens (including phenoxy) is 6. The predicted molar refractivity (Wildman–Crippen MR) is 165 cm³/mol. The zero-order valence-electron chi connectivity index (χ0n) is 27.0. The third kappa shape index (κ3) is 6.61. The van der Waals surface area contributed by atoms with Crippen LogP contribution in [0.2, 0.25) is 0 Å². The molecule has 0 amide bonds. The van der Waals surface area contributed by atoms with Crippen molar-refractivity contribution in [3.05, 3.63) is 54.5 Å². The van der Waals surface area contributed by atoms with Gasteiger partial charge in [0.2, 0.25) is 5.60 Å². The molecule has 3 aromatic rings. The summed E-state index contributed by atoms with van der Waals surface area (Å²) in [6, 6.07) is 10.3. The lowest BCUT2D eigenvalue weighted by Crippen LogP contribution is -2.44. The van der Waals surface area contributed by atoms with E-state index in [-0.39, 0.29) is 37.6 Å². The molecule has 1 aliphatic heterocycles. The van der Waals surface area contributed by atoms with Gasteiger partial charge in [0.15, 0.2) is 11.9 Å². The Bertz CT molecular complexity index is 1690. The van der Waals surface area contributed by atoms with Crippen molar-refractivity contribution in [2.45, 2.75) is 62.2 Å². The summed E-state index contributed by atoms with van der Waals surface area (Å²) in [5.41, 5.74) is 3.45. The van der Waals surface area contributed by atoms with E-state index in [1.165, 1.54) is 51.2 Å². The fourth-order valence-corrected chi connectivity index (χ4v) is 7.51. The molecule has 0 radical (unpaired) electrons. The van der Waals surface area contributed by atoms with Gasteiger partial charge in [-0.2, -0.15) is 10.2 Å². The molecule has 5 rings (SSSR count). The fraction of sp³-hybridized carbons (Fsp3) is 0.500. The number of rotatable bonds is 16. The third-order valence-corrected chi connectivity index (χ3v) is 9.78. The molecule has 1 aromatic carbocycles. The zero-order chi connectivity index (χ0) is 34.7. The number of hydrogen-bond acceptors (Lipinski definition) is 15. The van der Waals surface area contributed by atoms with E-state index in [9.17, 15) is 18.9 Å². The van der Waals surface area contributed by atoms with E-state index in [2.05, 4.69) is 15.2 Å². The number of nitrogen functional groups attached to an aromatic ring is 1. The molecule has 1 aliphatic carbocycles. The van der Waals surface area contributed by atoms with E-state index in [1.54, 1.807) is 37.3 Å². The molecular weight excluding hydrogens is 653 g/mol. The van der Waals surface area contributed by atoms with E-state index in [4.69, 9.17) is 43.2 Å². The number of nitrogens with one attached hydrogen (secondary N) is 1. The number of hydrogen-bond donors (Lipinski definition) is 2. The van der Waals surface area contributed by atoms with Crippen LogP contribution in [0, 0.1) is 0 Å². The van der Waals surface area contributed by atoms with Crippen molar-refractivity contribution in [3.63, 3.8) is 0 Å². The molecule has 0 bridgehead atoms. The fourth-order valence-electron chi connectivity index (χ4n) is 5.74. The van der Waals surface area contributed by atoms with Crippen molar-refractivity contribution < 1.29 is 56.4 Å². The lowest BCUT2D eigenvalue weighted by Gasteiger charge is -2.30. The van der Waals surface area contributed by atoms with Crippen LogP contribution in [-0.2, 0) is 51.9 Å². The van der Waals surface area contributed by atoms with Crippen molar-refractivity contribution in [1.82, 2.24) is 19.7 Å². The molecule has 7 atom stereocenters. The molecule has 0 spiro atoms. The van der Waals surface area contributed by atoms with Crippen molar-refractivity contribution in [1.29, 1.82) is 0 Å². The van der Waals surface area contributed by atoms with Crippen LogP contribution >= 0.6 is 7.75 Å². The van der Waals surface area contributed by atoms with Crippen molar-refractivity contribution in [2.24, 2.45) is 0 Å². The highest BCUT2D eigenvalue weighted by atomic mass is 31.2. The average molecular weight is 692 g/mol. The largest absolute Gasteiger partial charge is 0.468 e. The number of para-hydroxylation sites is 1. The van der Waals surface area contributed by atoms with Gasteiger partial charge in [-0.1, -0.05) is 18.2 Å². The van der Waals surface area contributed by atoms with Crippen LogP contribution < -0.4 is 15.3 Å². The second-order valence-corrected chi connectivity index (χ2v) is 12.9. The number of aromatic nitrogens is 3. The summed E-state index contributed by atoms with van der Waals surface area (Å²) in [4.78, 5) is 42.9. The van der Waals surface area contributed by atoms with Crippen molar-refractivity contribution >= 4 is 37.0 Å². The molecular formula is C30H38N5O12P. The van der Waals surface area contributed by atoms with Gasteiger partial charge in [0, 0.05) is 14.2 Å². The number of benzene rings is 1. The Hall–Kier alpha value is -4.12. The summed E-state index contributed by atoms with van der Waals surface area (Å²) in [5, 5.41) is 6.88. The van der Waals surface area contributed by atoms with Gasteiger partial charge in [-0.15, -0.1) is 0 Å². The Morgan fingerprint density at radius 1 is 1.06 bits per heavy atom. The molecule has 18 heteroatoms. The molecule has 17 nitrogen and oxygen atoms in total. The Labute approximate surface area is 275 Å². The Kier molecular flexibility index (Phi) is 10.4. The van der Waals surface area contributed by atoms with Gasteiger partial charge in [-0.3, -0.25) is 18.9 Å². The molecule has 48 heavy (non-hydrogen) atoms. The highest BCUT2D eigenvalue weighted by Gasteiger charge is 2.91. The Morgan fingerprint density at radius 2 is 1.75 bits per heavy atom. The predicted octanol–water partition coefficient (Wildman–Crippen LogP) is 2.15. The molecule has 2 aromatic heterocycles. The number of carbonyl (C=O) groups is 3. The van der Waals surface area contributed by atoms with Crippen LogP contribution in [0.15, 0.2) is 48.8 Å². The number of nitrogens with two attached hydrogens (primary N) is 1. The van der Waals surface area contributed by atoms with Crippen LogP contribution in [0.5, 0.6) is 5.75 Å². The van der Waals surface area contributed by atoms with Crippen LogP contribution in [-0.4, -0.2) is 96.5 Å². The molecule has 2 aliphatic rings. The molecule has 3 N–H and O–H groups in total.